The zero-order valence-corrected chi connectivity index (χ0v) is 18.1. The first-order chi connectivity index (χ1) is 14.0. The van der Waals surface area contributed by atoms with Gasteiger partial charge in [0.15, 0.2) is 0 Å². The van der Waals surface area contributed by atoms with Crippen molar-refractivity contribution in [2.75, 3.05) is 24.3 Å². The fourth-order valence-corrected chi connectivity index (χ4v) is 4.40. The first kappa shape index (κ1) is 22.0. The van der Waals surface area contributed by atoms with Crippen molar-refractivity contribution < 1.29 is 14.3 Å². The Bertz CT molecular complexity index is 963. The standard InChI is InChI=1S/C23H27N3O3.ClH/c1-14-6-9-21(29-2)20(10-14)26-13-16(12-22(26)27)23(28)25-19-5-3-4-15-11-17(24)7-8-18(15)19;/h6-11,16,19H,3-5,12-13,24H2,1-2H3,(H,25,28);1H. The number of nitrogens with zero attached hydrogens (tertiary/aromatic N) is 1. The number of rotatable bonds is 4. The number of amides is 2. The average molecular weight is 430 g/mol. The summed E-state index contributed by atoms with van der Waals surface area (Å²) in [5.41, 5.74) is 10.8. The Morgan fingerprint density at radius 3 is 2.80 bits per heavy atom. The van der Waals surface area contributed by atoms with Gasteiger partial charge in [-0.15, -0.1) is 12.4 Å². The zero-order chi connectivity index (χ0) is 20.5. The molecule has 1 aliphatic heterocycles. The number of fused-ring (bicyclic) bond motifs is 1. The number of hydrogen-bond acceptors (Lipinski definition) is 4. The van der Waals surface area contributed by atoms with E-state index in [1.54, 1.807) is 12.0 Å². The van der Waals surface area contributed by atoms with Gasteiger partial charge >= 0.3 is 0 Å². The molecule has 4 rings (SSSR count). The number of methoxy groups -OCH3 is 1. The third-order valence-electron chi connectivity index (χ3n) is 5.92. The van der Waals surface area contributed by atoms with Gasteiger partial charge in [-0.1, -0.05) is 12.1 Å². The molecule has 2 unspecified atom stereocenters. The van der Waals surface area contributed by atoms with E-state index in [0.29, 0.717) is 12.3 Å². The minimum Gasteiger partial charge on any atom is -0.495 e. The van der Waals surface area contributed by atoms with Crippen LogP contribution in [-0.4, -0.2) is 25.5 Å². The maximum absolute atomic E-state index is 13.0. The summed E-state index contributed by atoms with van der Waals surface area (Å²) in [5.74, 6) is 0.156. The fraction of sp³-hybridized carbons (Fsp3) is 0.391. The minimum atomic E-state index is -0.369. The van der Waals surface area contributed by atoms with Crippen molar-refractivity contribution in [3.63, 3.8) is 0 Å². The molecule has 2 aromatic rings. The third kappa shape index (κ3) is 4.24. The van der Waals surface area contributed by atoms with Crippen molar-refractivity contribution in [1.29, 1.82) is 0 Å². The number of nitrogen functional groups attached to an aromatic ring is 1. The molecular weight excluding hydrogens is 402 g/mol. The maximum atomic E-state index is 13.0. The lowest BCUT2D eigenvalue weighted by atomic mass is 9.87. The topological polar surface area (TPSA) is 84.7 Å². The molecule has 0 radical (unpaired) electrons. The summed E-state index contributed by atoms with van der Waals surface area (Å²) < 4.78 is 5.42. The van der Waals surface area contributed by atoms with Crippen LogP contribution >= 0.6 is 12.4 Å². The Balaban J connectivity index is 0.00000256. The molecule has 1 heterocycles. The Morgan fingerprint density at radius 2 is 2.03 bits per heavy atom. The minimum absolute atomic E-state index is 0. The lowest BCUT2D eigenvalue weighted by Gasteiger charge is -2.27. The average Bonchev–Trinajstić information content (AvgIpc) is 3.09. The van der Waals surface area contributed by atoms with Crippen LogP contribution in [0.25, 0.3) is 0 Å². The number of anilines is 2. The van der Waals surface area contributed by atoms with Gasteiger partial charge in [0.05, 0.1) is 24.8 Å². The van der Waals surface area contributed by atoms with Crippen LogP contribution in [0.2, 0.25) is 0 Å². The molecule has 6 nitrogen and oxygen atoms in total. The summed E-state index contributed by atoms with van der Waals surface area (Å²) in [6.45, 7) is 2.34. The summed E-state index contributed by atoms with van der Waals surface area (Å²) in [5, 5.41) is 3.18. The summed E-state index contributed by atoms with van der Waals surface area (Å²) in [4.78, 5) is 27.3. The maximum Gasteiger partial charge on any atom is 0.227 e. The van der Waals surface area contributed by atoms with E-state index in [-0.39, 0.29) is 42.6 Å². The molecule has 1 aliphatic carbocycles. The van der Waals surface area contributed by atoms with Crippen molar-refractivity contribution >= 4 is 35.6 Å². The molecule has 3 N–H and O–H groups in total. The first-order valence-corrected chi connectivity index (χ1v) is 10.1. The molecule has 0 aromatic heterocycles. The second kappa shape index (κ2) is 8.96. The predicted molar refractivity (Wildman–Crippen MR) is 120 cm³/mol. The highest BCUT2D eigenvalue weighted by Gasteiger charge is 2.37. The number of nitrogens with two attached hydrogens (primary N) is 1. The van der Waals surface area contributed by atoms with Gasteiger partial charge in [-0.2, -0.15) is 0 Å². The predicted octanol–water partition coefficient (Wildman–Crippen LogP) is 3.55. The van der Waals surface area contributed by atoms with E-state index in [2.05, 4.69) is 5.32 Å². The van der Waals surface area contributed by atoms with Crippen molar-refractivity contribution in [2.24, 2.45) is 5.92 Å². The highest BCUT2D eigenvalue weighted by molar-refractivity contribution is 6.01. The number of carbonyl (C=O) groups is 2. The second-order valence-corrected chi connectivity index (χ2v) is 7.99. The van der Waals surface area contributed by atoms with Crippen molar-refractivity contribution in [2.45, 2.75) is 38.6 Å². The van der Waals surface area contributed by atoms with E-state index in [0.717, 1.165) is 41.8 Å². The van der Waals surface area contributed by atoms with Gasteiger partial charge < -0.3 is 20.7 Å². The van der Waals surface area contributed by atoms with E-state index in [4.69, 9.17) is 10.5 Å². The van der Waals surface area contributed by atoms with Crippen LogP contribution in [0.5, 0.6) is 5.75 Å². The summed E-state index contributed by atoms with van der Waals surface area (Å²) in [7, 11) is 1.59. The molecule has 1 fully saturated rings. The summed E-state index contributed by atoms with van der Waals surface area (Å²) in [6.07, 6.45) is 3.11. The molecule has 160 valence electrons. The molecule has 0 bridgehead atoms. The molecule has 2 aromatic carbocycles. The quantitative estimate of drug-likeness (QED) is 0.728. The molecule has 2 aliphatic rings. The van der Waals surface area contributed by atoms with Crippen molar-refractivity contribution in [1.82, 2.24) is 5.32 Å². The van der Waals surface area contributed by atoms with Gasteiger partial charge in [-0.3, -0.25) is 9.59 Å². The Hall–Kier alpha value is -2.73. The van der Waals surface area contributed by atoms with E-state index in [1.165, 1.54) is 5.56 Å². The smallest absolute Gasteiger partial charge is 0.227 e. The molecule has 0 spiro atoms. The van der Waals surface area contributed by atoms with Crippen molar-refractivity contribution in [3.05, 3.63) is 53.1 Å². The van der Waals surface area contributed by atoms with Gasteiger partial charge in [0.25, 0.3) is 0 Å². The molecule has 0 saturated carbocycles. The number of hydrogen-bond donors (Lipinski definition) is 2. The normalized spacial score (nSPS) is 20.3. The monoisotopic (exact) mass is 429 g/mol. The third-order valence-corrected chi connectivity index (χ3v) is 5.92. The fourth-order valence-electron chi connectivity index (χ4n) is 4.40. The largest absolute Gasteiger partial charge is 0.495 e. The van der Waals surface area contributed by atoms with E-state index in [9.17, 15) is 9.59 Å². The molecule has 1 saturated heterocycles. The molecule has 2 amide bonds. The highest BCUT2D eigenvalue weighted by Crippen LogP contribution is 2.35. The number of nitrogens with one attached hydrogen (secondary N) is 1. The zero-order valence-electron chi connectivity index (χ0n) is 17.3. The Morgan fingerprint density at radius 1 is 1.23 bits per heavy atom. The highest BCUT2D eigenvalue weighted by atomic mass is 35.5. The Labute approximate surface area is 183 Å². The van der Waals surface area contributed by atoms with E-state index < -0.39 is 0 Å². The van der Waals surface area contributed by atoms with Crippen LogP contribution in [-0.2, 0) is 16.0 Å². The van der Waals surface area contributed by atoms with Crippen molar-refractivity contribution in [3.8, 4) is 5.75 Å². The van der Waals surface area contributed by atoms with Crippen LogP contribution in [0.15, 0.2) is 36.4 Å². The molecule has 2 atom stereocenters. The first-order valence-electron chi connectivity index (χ1n) is 10.1. The SMILES string of the molecule is COc1ccc(C)cc1N1CC(C(=O)NC2CCCc3cc(N)ccc32)CC1=O.Cl. The van der Waals surface area contributed by atoms with E-state index in [1.807, 2.05) is 43.3 Å². The van der Waals surface area contributed by atoms with Gasteiger partial charge in [-0.05, 0) is 67.1 Å². The van der Waals surface area contributed by atoms with Gasteiger partial charge in [0, 0.05) is 18.7 Å². The molecule has 30 heavy (non-hydrogen) atoms. The lowest BCUT2D eigenvalue weighted by molar-refractivity contribution is -0.127. The van der Waals surface area contributed by atoms with Crippen LogP contribution < -0.4 is 20.7 Å². The number of halogens is 1. The van der Waals surface area contributed by atoms with Crippen LogP contribution in [0.3, 0.4) is 0 Å². The number of ether oxygens (including phenoxy) is 1. The molecular formula is C23H28ClN3O3. The number of carbonyl (C=O) groups excluding carboxylic acids is 2. The van der Waals surface area contributed by atoms with Crippen LogP contribution in [0, 0.1) is 12.8 Å². The Kier molecular flexibility index (Phi) is 6.56. The number of benzene rings is 2. The van der Waals surface area contributed by atoms with Gasteiger partial charge in [-0.25, -0.2) is 0 Å². The number of aryl methyl sites for hydroxylation is 2. The molecule has 7 heteroatoms. The van der Waals surface area contributed by atoms with Gasteiger partial charge in [0.1, 0.15) is 5.75 Å². The van der Waals surface area contributed by atoms with Crippen LogP contribution in [0.1, 0.15) is 42.0 Å². The van der Waals surface area contributed by atoms with Gasteiger partial charge in [0.2, 0.25) is 11.8 Å². The summed E-state index contributed by atoms with van der Waals surface area (Å²) in [6, 6.07) is 11.6. The second-order valence-electron chi connectivity index (χ2n) is 7.99. The van der Waals surface area contributed by atoms with Crippen LogP contribution in [0.4, 0.5) is 11.4 Å². The van der Waals surface area contributed by atoms with E-state index >= 15 is 0 Å². The lowest BCUT2D eigenvalue weighted by Crippen LogP contribution is -2.37. The summed E-state index contributed by atoms with van der Waals surface area (Å²) >= 11 is 0.